The van der Waals surface area contributed by atoms with Gasteiger partial charge in [-0.15, -0.1) is 0 Å². The summed E-state index contributed by atoms with van der Waals surface area (Å²) in [5.74, 6) is 0.779. The Hall–Kier alpha value is -2.89. The largest absolute Gasteiger partial charge is 0.481 e. The summed E-state index contributed by atoms with van der Waals surface area (Å²) in [5.41, 5.74) is 1.75. The maximum atomic E-state index is 12.1. The second-order valence-corrected chi connectivity index (χ2v) is 6.63. The molecule has 0 bridgehead atoms. The van der Waals surface area contributed by atoms with Crippen molar-refractivity contribution in [2.45, 2.75) is 39.2 Å². The standard InChI is InChI=1S/C21H27N3O3/c1-15(2)17-7-9-19(10-8-17)27-16(3)20(25)23-12-5-13-24-21(26)18-6-4-11-22-14-18/h4,6-11,14-16H,5,12-13H2,1-3H3,(H,23,25)(H,24,26). The van der Waals surface area contributed by atoms with Gasteiger partial charge in [-0.3, -0.25) is 14.6 Å². The number of pyridine rings is 1. The van der Waals surface area contributed by atoms with E-state index in [1.807, 2.05) is 24.3 Å². The van der Waals surface area contributed by atoms with Crippen molar-refractivity contribution in [1.82, 2.24) is 15.6 Å². The molecule has 0 radical (unpaired) electrons. The number of aromatic nitrogens is 1. The van der Waals surface area contributed by atoms with Crippen LogP contribution in [0.25, 0.3) is 0 Å². The summed E-state index contributed by atoms with van der Waals surface area (Å²) in [6.07, 6.45) is 3.19. The van der Waals surface area contributed by atoms with E-state index in [9.17, 15) is 9.59 Å². The highest BCUT2D eigenvalue weighted by atomic mass is 16.5. The van der Waals surface area contributed by atoms with Gasteiger partial charge in [-0.25, -0.2) is 0 Å². The van der Waals surface area contributed by atoms with E-state index in [1.54, 1.807) is 25.3 Å². The Morgan fingerprint density at radius 3 is 2.37 bits per heavy atom. The average Bonchev–Trinajstić information content (AvgIpc) is 2.68. The van der Waals surface area contributed by atoms with Crippen LogP contribution in [0.1, 0.15) is 49.0 Å². The minimum absolute atomic E-state index is 0.170. The lowest BCUT2D eigenvalue weighted by molar-refractivity contribution is -0.127. The molecule has 2 aromatic rings. The second kappa shape index (κ2) is 10.3. The number of ether oxygens (including phenoxy) is 1. The minimum Gasteiger partial charge on any atom is -0.481 e. The molecule has 1 aromatic carbocycles. The smallest absolute Gasteiger partial charge is 0.260 e. The molecule has 0 aliphatic heterocycles. The van der Waals surface area contributed by atoms with Crippen molar-refractivity contribution >= 4 is 11.8 Å². The van der Waals surface area contributed by atoms with Crippen LogP contribution >= 0.6 is 0 Å². The highest BCUT2D eigenvalue weighted by Crippen LogP contribution is 2.19. The van der Waals surface area contributed by atoms with Gasteiger partial charge in [0.1, 0.15) is 5.75 Å². The van der Waals surface area contributed by atoms with Gasteiger partial charge in [-0.2, -0.15) is 0 Å². The number of nitrogens with zero attached hydrogens (tertiary/aromatic N) is 1. The van der Waals surface area contributed by atoms with Gasteiger partial charge in [0.15, 0.2) is 6.10 Å². The number of benzene rings is 1. The zero-order chi connectivity index (χ0) is 19.6. The van der Waals surface area contributed by atoms with Crippen LogP contribution in [-0.2, 0) is 4.79 Å². The average molecular weight is 369 g/mol. The van der Waals surface area contributed by atoms with Gasteiger partial charge in [0, 0.05) is 25.5 Å². The van der Waals surface area contributed by atoms with E-state index in [4.69, 9.17) is 4.74 Å². The van der Waals surface area contributed by atoms with E-state index in [-0.39, 0.29) is 11.8 Å². The molecule has 1 atom stereocenters. The maximum absolute atomic E-state index is 12.1. The molecular formula is C21H27N3O3. The van der Waals surface area contributed by atoms with E-state index >= 15 is 0 Å². The van der Waals surface area contributed by atoms with Gasteiger partial charge in [0.2, 0.25) is 0 Å². The zero-order valence-electron chi connectivity index (χ0n) is 16.1. The monoisotopic (exact) mass is 369 g/mol. The molecule has 144 valence electrons. The Kier molecular flexibility index (Phi) is 7.79. The summed E-state index contributed by atoms with van der Waals surface area (Å²) >= 11 is 0. The summed E-state index contributed by atoms with van der Waals surface area (Å²) in [6, 6.07) is 11.2. The summed E-state index contributed by atoms with van der Waals surface area (Å²) in [6.45, 7) is 6.91. The van der Waals surface area contributed by atoms with Gasteiger partial charge in [0.05, 0.1) is 5.56 Å². The predicted octanol–water partition coefficient (Wildman–Crippen LogP) is 2.91. The summed E-state index contributed by atoms with van der Waals surface area (Å²) < 4.78 is 5.68. The molecule has 27 heavy (non-hydrogen) atoms. The van der Waals surface area contributed by atoms with Crippen molar-refractivity contribution < 1.29 is 14.3 Å². The molecule has 6 nitrogen and oxygen atoms in total. The lowest BCUT2D eigenvalue weighted by atomic mass is 10.0. The van der Waals surface area contributed by atoms with Crippen LogP contribution in [0.2, 0.25) is 0 Å². The van der Waals surface area contributed by atoms with E-state index < -0.39 is 6.10 Å². The molecule has 0 saturated carbocycles. The first-order chi connectivity index (χ1) is 13.0. The number of hydrogen-bond donors (Lipinski definition) is 2. The normalized spacial score (nSPS) is 11.7. The van der Waals surface area contributed by atoms with Crippen molar-refractivity contribution in [3.05, 3.63) is 59.9 Å². The first kappa shape index (κ1) is 20.4. The molecule has 0 aliphatic rings. The Morgan fingerprint density at radius 1 is 1.04 bits per heavy atom. The number of carbonyl (C=O) groups excluding carboxylic acids is 2. The number of amides is 2. The third-order valence-corrected chi connectivity index (χ3v) is 4.09. The molecule has 0 aliphatic carbocycles. The quantitative estimate of drug-likeness (QED) is 0.666. The molecule has 0 spiro atoms. The lowest BCUT2D eigenvalue weighted by Gasteiger charge is -2.15. The Balaban J connectivity index is 1.65. The first-order valence-corrected chi connectivity index (χ1v) is 9.20. The molecule has 2 N–H and O–H groups in total. The molecule has 1 aromatic heterocycles. The van der Waals surface area contributed by atoms with E-state index in [0.29, 0.717) is 36.7 Å². The molecule has 1 unspecified atom stereocenters. The van der Waals surface area contributed by atoms with Crippen LogP contribution < -0.4 is 15.4 Å². The van der Waals surface area contributed by atoms with Crippen molar-refractivity contribution in [3.63, 3.8) is 0 Å². The Morgan fingerprint density at radius 2 is 1.74 bits per heavy atom. The van der Waals surface area contributed by atoms with E-state index in [0.717, 1.165) is 0 Å². The maximum Gasteiger partial charge on any atom is 0.260 e. The zero-order valence-corrected chi connectivity index (χ0v) is 16.1. The van der Waals surface area contributed by atoms with Crippen molar-refractivity contribution in [2.24, 2.45) is 0 Å². The van der Waals surface area contributed by atoms with Crippen LogP contribution in [0.3, 0.4) is 0 Å². The highest BCUT2D eigenvalue weighted by molar-refractivity contribution is 5.93. The van der Waals surface area contributed by atoms with E-state index in [1.165, 1.54) is 11.8 Å². The highest BCUT2D eigenvalue weighted by Gasteiger charge is 2.14. The molecule has 0 fully saturated rings. The van der Waals surface area contributed by atoms with E-state index in [2.05, 4.69) is 29.5 Å². The van der Waals surface area contributed by atoms with Crippen LogP contribution in [0.5, 0.6) is 5.75 Å². The van der Waals surface area contributed by atoms with Crippen molar-refractivity contribution in [3.8, 4) is 5.75 Å². The van der Waals surface area contributed by atoms with Crippen molar-refractivity contribution in [1.29, 1.82) is 0 Å². The van der Waals surface area contributed by atoms with Gasteiger partial charge in [-0.1, -0.05) is 26.0 Å². The van der Waals surface area contributed by atoms with Crippen LogP contribution in [-0.4, -0.2) is 36.0 Å². The SMILES string of the molecule is CC(Oc1ccc(C(C)C)cc1)C(=O)NCCCNC(=O)c1cccnc1. The van der Waals surface area contributed by atoms with Crippen molar-refractivity contribution in [2.75, 3.05) is 13.1 Å². The van der Waals surface area contributed by atoms with Gasteiger partial charge < -0.3 is 15.4 Å². The molecular weight excluding hydrogens is 342 g/mol. The van der Waals surface area contributed by atoms with Gasteiger partial charge >= 0.3 is 0 Å². The number of rotatable bonds is 9. The number of nitrogens with one attached hydrogen (secondary N) is 2. The van der Waals surface area contributed by atoms with Crippen LogP contribution in [0.4, 0.5) is 0 Å². The van der Waals surface area contributed by atoms with Crippen LogP contribution in [0, 0.1) is 0 Å². The molecule has 2 amide bonds. The summed E-state index contributed by atoms with van der Waals surface area (Å²) in [7, 11) is 0. The molecule has 0 saturated heterocycles. The minimum atomic E-state index is -0.583. The summed E-state index contributed by atoms with van der Waals surface area (Å²) in [5, 5.41) is 5.61. The summed E-state index contributed by atoms with van der Waals surface area (Å²) in [4.78, 5) is 27.9. The third-order valence-electron chi connectivity index (χ3n) is 4.09. The molecule has 1 heterocycles. The number of hydrogen-bond acceptors (Lipinski definition) is 4. The number of carbonyl (C=O) groups is 2. The molecule has 6 heteroatoms. The topological polar surface area (TPSA) is 80.3 Å². The fraction of sp³-hybridized carbons (Fsp3) is 0.381. The lowest BCUT2D eigenvalue weighted by Crippen LogP contribution is -2.37. The van der Waals surface area contributed by atoms with Gasteiger partial charge in [-0.05, 0) is 49.1 Å². The molecule has 2 rings (SSSR count). The fourth-order valence-corrected chi connectivity index (χ4v) is 2.43. The van der Waals surface area contributed by atoms with Gasteiger partial charge in [0.25, 0.3) is 11.8 Å². The predicted molar refractivity (Wildman–Crippen MR) is 105 cm³/mol. The first-order valence-electron chi connectivity index (χ1n) is 9.20. The third kappa shape index (κ3) is 6.73. The Bertz CT molecular complexity index is 730. The fourth-order valence-electron chi connectivity index (χ4n) is 2.43. The Labute approximate surface area is 160 Å². The van der Waals surface area contributed by atoms with Crippen LogP contribution in [0.15, 0.2) is 48.8 Å². The second-order valence-electron chi connectivity index (χ2n) is 6.63.